The maximum absolute atomic E-state index is 12.5. The molecule has 1 spiro atoms. The molecule has 3 amide bonds. The first-order valence-electron chi connectivity index (χ1n) is 8.49. The molecule has 0 bridgehead atoms. The van der Waals surface area contributed by atoms with Gasteiger partial charge in [0.1, 0.15) is 6.61 Å². The summed E-state index contributed by atoms with van der Waals surface area (Å²) in [6, 6.07) is 9.27. The second-order valence-corrected chi connectivity index (χ2v) is 6.57. The molecule has 1 aromatic rings. The molecule has 0 aromatic heterocycles. The third kappa shape index (κ3) is 4.05. The Hall–Kier alpha value is -3.01. The first kappa shape index (κ1) is 18.8. The number of piperidine rings is 1. The predicted octanol–water partition coefficient (Wildman–Crippen LogP) is 1.33. The van der Waals surface area contributed by atoms with Crippen LogP contribution in [0.4, 0.5) is 4.79 Å². The average molecular weight is 377 g/mol. The van der Waals surface area contributed by atoms with Crippen LogP contribution in [0.3, 0.4) is 0 Å². The molecular formula is C17H19N3O7. The zero-order chi connectivity index (χ0) is 19.4. The molecule has 0 N–H and O–H groups in total. The van der Waals surface area contributed by atoms with Crippen LogP contribution >= 0.6 is 0 Å². The second-order valence-electron chi connectivity index (χ2n) is 6.57. The highest BCUT2D eigenvalue weighted by molar-refractivity contribution is 6.04. The van der Waals surface area contributed by atoms with Gasteiger partial charge >= 0.3 is 12.8 Å². The topological polar surface area (TPSA) is 119 Å². The first-order valence-corrected chi connectivity index (χ1v) is 8.49. The monoisotopic (exact) mass is 377 g/mol. The van der Waals surface area contributed by atoms with Crippen molar-refractivity contribution in [1.82, 2.24) is 9.96 Å². The number of rotatable bonds is 5. The van der Waals surface area contributed by atoms with Gasteiger partial charge in [-0.2, -0.15) is 4.84 Å². The lowest BCUT2D eigenvalue weighted by atomic mass is 9.77. The van der Waals surface area contributed by atoms with E-state index in [2.05, 4.69) is 0 Å². The van der Waals surface area contributed by atoms with Crippen molar-refractivity contribution in [1.29, 1.82) is 0 Å². The van der Waals surface area contributed by atoms with Gasteiger partial charge in [0.2, 0.25) is 0 Å². The minimum Gasteiger partial charge on any atom is -0.445 e. The largest absolute Gasteiger partial charge is 0.445 e. The van der Waals surface area contributed by atoms with Gasteiger partial charge in [-0.25, -0.2) is 4.79 Å². The van der Waals surface area contributed by atoms with Crippen LogP contribution < -0.4 is 0 Å². The van der Waals surface area contributed by atoms with Gasteiger partial charge in [-0.1, -0.05) is 30.3 Å². The van der Waals surface area contributed by atoms with E-state index in [-0.39, 0.29) is 39.0 Å². The Morgan fingerprint density at radius 1 is 1.19 bits per heavy atom. The molecule has 2 saturated heterocycles. The fraction of sp³-hybridized carbons (Fsp3) is 0.471. The Kier molecular flexibility index (Phi) is 5.36. The first-order chi connectivity index (χ1) is 12.9. The van der Waals surface area contributed by atoms with E-state index in [9.17, 15) is 24.5 Å². The quantitative estimate of drug-likeness (QED) is 0.329. The maximum atomic E-state index is 12.5. The smallest absolute Gasteiger partial charge is 0.410 e. The summed E-state index contributed by atoms with van der Waals surface area (Å²) >= 11 is 0. The van der Waals surface area contributed by atoms with E-state index < -0.39 is 35.0 Å². The van der Waals surface area contributed by atoms with E-state index in [0.717, 1.165) is 5.56 Å². The normalized spacial score (nSPS) is 18.8. The molecule has 144 valence electrons. The highest BCUT2D eigenvalue weighted by Gasteiger charge is 2.54. The molecule has 1 aromatic carbocycles. The number of amides is 3. The molecule has 27 heavy (non-hydrogen) atoms. The Labute approximate surface area is 154 Å². The minimum absolute atomic E-state index is 0.0730. The zero-order valence-corrected chi connectivity index (χ0v) is 14.5. The standard InChI is InChI=1S/C17H19N3O7/c21-14-10-17(15(22)20(14)27-12-19(24)25)6-8-18(9-7-17)16(23)26-11-13-4-2-1-3-5-13/h1-5H,6-12H2. The van der Waals surface area contributed by atoms with Gasteiger partial charge in [0.05, 0.1) is 10.3 Å². The van der Waals surface area contributed by atoms with Crippen molar-refractivity contribution in [2.45, 2.75) is 25.9 Å². The van der Waals surface area contributed by atoms with Crippen LogP contribution in [-0.2, 0) is 25.8 Å². The molecule has 2 aliphatic heterocycles. The highest BCUT2D eigenvalue weighted by Crippen LogP contribution is 2.42. The molecule has 10 heteroatoms. The van der Waals surface area contributed by atoms with E-state index in [1.807, 2.05) is 30.3 Å². The fourth-order valence-electron chi connectivity index (χ4n) is 3.32. The lowest BCUT2D eigenvalue weighted by molar-refractivity contribution is -0.541. The molecule has 2 aliphatic rings. The number of nitrogens with zero attached hydrogens (tertiary/aromatic N) is 3. The van der Waals surface area contributed by atoms with E-state index in [1.54, 1.807) is 0 Å². The number of benzene rings is 1. The van der Waals surface area contributed by atoms with E-state index in [0.29, 0.717) is 5.06 Å². The van der Waals surface area contributed by atoms with Crippen molar-refractivity contribution in [3.05, 3.63) is 46.0 Å². The summed E-state index contributed by atoms with van der Waals surface area (Å²) in [6.45, 7) is -0.280. The van der Waals surface area contributed by atoms with Crippen LogP contribution in [0.25, 0.3) is 0 Å². The van der Waals surface area contributed by atoms with Crippen molar-refractivity contribution in [3.63, 3.8) is 0 Å². The van der Waals surface area contributed by atoms with Crippen LogP contribution in [0.5, 0.6) is 0 Å². The van der Waals surface area contributed by atoms with Gasteiger partial charge in [0.15, 0.2) is 0 Å². The molecule has 0 saturated carbocycles. The molecule has 0 atom stereocenters. The van der Waals surface area contributed by atoms with Crippen LogP contribution in [0, 0.1) is 15.5 Å². The molecule has 2 heterocycles. The summed E-state index contributed by atoms with van der Waals surface area (Å²) in [7, 11) is 0. The summed E-state index contributed by atoms with van der Waals surface area (Å²) < 4.78 is 5.28. The van der Waals surface area contributed by atoms with E-state index in [1.165, 1.54) is 4.90 Å². The van der Waals surface area contributed by atoms with E-state index in [4.69, 9.17) is 9.57 Å². The molecular weight excluding hydrogens is 358 g/mol. The summed E-state index contributed by atoms with van der Waals surface area (Å²) in [6.07, 6.45) is -0.00437. The van der Waals surface area contributed by atoms with Gasteiger partial charge in [0, 0.05) is 19.5 Å². The van der Waals surface area contributed by atoms with Gasteiger partial charge in [-0.3, -0.25) is 19.7 Å². The number of carbonyl (C=O) groups is 3. The van der Waals surface area contributed by atoms with E-state index >= 15 is 0 Å². The Balaban J connectivity index is 1.53. The van der Waals surface area contributed by atoms with Gasteiger partial charge in [0.25, 0.3) is 11.8 Å². The third-order valence-electron chi connectivity index (χ3n) is 4.83. The molecule has 0 aliphatic carbocycles. The van der Waals surface area contributed by atoms with Crippen LogP contribution in [0.15, 0.2) is 30.3 Å². The molecule has 0 unspecified atom stereocenters. The molecule has 10 nitrogen and oxygen atoms in total. The van der Waals surface area contributed by atoms with Gasteiger partial charge < -0.3 is 9.64 Å². The Morgan fingerprint density at radius 2 is 1.85 bits per heavy atom. The molecule has 0 radical (unpaired) electrons. The summed E-state index contributed by atoms with van der Waals surface area (Å²) in [5.41, 5.74) is -0.0985. The van der Waals surface area contributed by atoms with Crippen molar-refractivity contribution in [2.24, 2.45) is 5.41 Å². The highest BCUT2D eigenvalue weighted by atomic mass is 16.8. The molecule has 3 rings (SSSR count). The summed E-state index contributed by atoms with van der Waals surface area (Å²) in [5.74, 6) is -1.17. The van der Waals surface area contributed by atoms with Gasteiger partial charge in [-0.05, 0) is 18.4 Å². The average Bonchev–Trinajstić information content (AvgIpc) is 2.89. The number of ether oxygens (including phenoxy) is 1. The lowest BCUT2D eigenvalue weighted by Crippen LogP contribution is -2.47. The summed E-state index contributed by atoms with van der Waals surface area (Å²) in [5, 5.41) is 10.9. The van der Waals surface area contributed by atoms with Crippen molar-refractivity contribution < 1.29 is 28.9 Å². The second kappa shape index (κ2) is 7.70. The van der Waals surface area contributed by atoms with Crippen molar-refractivity contribution >= 4 is 17.9 Å². The number of nitro groups is 1. The SMILES string of the molecule is O=C(OCc1ccccc1)N1CCC2(CC1)CC(=O)N(OC[N+](=O)[O-])C2=O. The zero-order valence-electron chi connectivity index (χ0n) is 14.5. The number of likely N-dealkylation sites (tertiary alicyclic amines) is 1. The number of imide groups is 1. The Morgan fingerprint density at radius 3 is 2.48 bits per heavy atom. The van der Waals surface area contributed by atoms with Gasteiger partial charge in [-0.15, -0.1) is 5.06 Å². The Bertz CT molecular complexity index is 744. The van der Waals surface area contributed by atoms with Crippen LogP contribution in [-0.4, -0.2) is 52.6 Å². The summed E-state index contributed by atoms with van der Waals surface area (Å²) in [4.78, 5) is 52.5. The number of hydrogen-bond donors (Lipinski definition) is 0. The van der Waals surface area contributed by atoms with Crippen molar-refractivity contribution in [2.75, 3.05) is 19.8 Å². The fourth-order valence-corrected chi connectivity index (χ4v) is 3.32. The lowest BCUT2D eigenvalue weighted by Gasteiger charge is -2.36. The molecule has 2 fully saturated rings. The number of hydroxylamine groups is 2. The van der Waals surface area contributed by atoms with Crippen molar-refractivity contribution in [3.8, 4) is 0 Å². The minimum atomic E-state index is -0.968. The van der Waals surface area contributed by atoms with Crippen LogP contribution in [0.1, 0.15) is 24.8 Å². The number of carbonyl (C=O) groups excluding carboxylic acids is 3. The predicted molar refractivity (Wildman–Crippen MR) is 89.3 cm³/mol. The maximum Gasteiger partial charge on any atom is 0.410 e. The third-order valence-corrected chi connectivity index (χ3v) is 4.83. The number of hydrogen-bond acceptors (Lipinski definition) is 7. The van der Waals surface area contributed by atoms with Crippen LogP contribution in [0.2, 0.25) is 0 Å².